The summed E-state index contributed by atoms with van der Waals surface area (Å²) in [6.07, 6.45) is -4.83. The van der Waals surface area contributed by atoms with Crippen molar-refractivity contribution >= 4 is 28.9 Å². The molecule has 1 aliphatic rings. The summed E-state index contributed by atoms with van der Waals surface area (Å²) in [6, 6.07) is 18.9. The van der Waals surface area contributed by atoms with Gasteiger partial charge in [0.05, 0.1) is 5.71 Å². The Morgan fingerprint density at radius 3 is 2.30 bits per heavy atom. The number of carbonyl (C=O) groups excluding carboxylic acids is 1. The van der Waals surface area contributed by atoms with E-state index in [2.05, 4.69) is 19.2 Å². The van der Waals surface area contributed by atoms with Crippen LogP contribution in [0.15, 0.2) is 66.7 Å². The van der Waals surface area contributed by atoms with Gasteiger partial charge in [-0.2, -0.15) is 13.2 Å². The van der Waals surface area contributed by atoms with Crippen molar-refractivity contribution in [2.24, 2.45) is 0 Å². The highest BCUT2D eigenvalue weighted by atomic mass is 35.5. The van der Waals surface area contributed by atoms with Crippen LogP contribution < -0.4 is 15.8 Å². The van der Waals surface area contributed by atoms with E-state index in [0.717, 1.165) is 5.56 Å². The molecule has 1 fully saturated rings. The molecule has 43 heavy (non-hydrogen) atoms. The molecule has 3 aromatic rings. The predicted octanol–water partition coefficient (Wildman–Crippen LogP) is 6.45. The number of hydrogen-bond acceptors (Lipinski definition) is 6. The van der Waals surface area contributed by atoms with Crippen LogP contribution in [0.5, 0.6) is 5.75 Å². The van der Waals surface area contributed by atoms with Crippen LogP contribution >= 0.6 is 11.6 Å². The normalized spacial score (nSPS) is 14.8. The van der Waals surface area contributed by atoms with E-state index in [1.54, 1.807) is 53.4 Å². The number of amides is 1. The number of carbonyl (C=O) groups is 1. The SMILES string of the molecule is CCC.N=C(c1ccc(OC2CCN(CC(O)C(F)(F)F)CC2)cc1)c1cc(C(=O)NCc2ccccc2Cl)ccc1N. The Bertz CT molecular complexity index is 1360. The van der Waals surface area contributed by atoms with E-state index in [-0.39, 0.29) is 24.3 Å². The van der Waals surface area contributed by atoms with E-state index in [1.807, 2.05) is 18.2 Å². The fourth-order valence-corrected chi connectivity index (χ4v) is 4.64. The van der Waals surface area contributed by atoms with Gasteiger partial charge in [-0.3, -0.25) is 10.2 Å². The molecule has 1 heterocycles. The second kappa shape index (κ2) is 15.7. The lowest BCUT2D eigenvalue weighted by Gasteiger charge is -2.33. The number of ether oxygens (including phenoxy) is 1. The molecule has 0 bridgehead atoms. The number of piperidine rings is 1. The number of alkyl halides is 3. The van der Waals surface area contributed by atoms with E-state index in [9.17, 15) is 23.1 Å². The number of benzene rings is 3. The molecule has 0 aliphatic carbocycles. The first-order valence-corrected chi connectivity index (χ1v) is 14.5. The van der Waals surface area contributed by atoms with Gasteiger partial charge < -0.3 is 25.8 Å². The molecular weight excluding hydrogens is 581 g/mol. The minimum atomic E-state index is -4.63. The number of nitrogens with zero attached hydrogens (tertiary/aromatic N) is 1. The number of aliphatic hydroxyl groups is 1. The molecule has 1 atom stereocenters. The fraction of sp³-hybridized carbons (Fsp3) is 0.375. The minimum absolute atomic E-state index is 0.140. The molecule has 1 amide bonds. The van der Waals surface area contributed by atoms with Crippen molar-refractivity contribution in [3.63, 3.8) is 0 Å². The van der Waals surface area contributed by atoms with Crippen molar-refractivity contribution in [3.05, 3.63) is 94.0 Å². The maximum absolute atomic E-state index is 12.8. The van der Waals surface area contributed by atoms with Crippen LogP contribution in [0.25, 0.3) is 0 Å². The average Bonchev–Trinajstić information content (AvgIpc) is 2.98. The number of nitrogens with one attached hydrogen (secondary N) is 2. The maximum atomic E-state index is 12.8. The van der Waals surface area contributed by atoms with Crippen molar-refractivity contribution in [1.29, 1.82) is 5.41 Å². The summed E-state index contributed by atoms with van der Waals surface area (Å²) in [5.74, 6) is 0.252. The van der Waals surface area contributed by atoms with Crippen LogP contribution in [0.2, 0.25) is 5.02 Å². The van der Waals surface area contributed by atoms with Crippen LogP contribution in [-0.4, -0.2) is 59.6 Å². The molecule has 232 valence electrons. The van der Waals surface area contributed by atoms with Gasteiger partial charge in [0.25, 0.3) is 5.91 Å². The van der Waals surface area contributed by atoms with Crippen molar-refractivity contribution in [1.82, 2.24) is 10.2 Å². The molecule has 0 spiro atoms. The third kappa shape index (κ3) is 9.98. The Morgan fingerprint density at radius 2 is 1.70 bits per heavy atom. The molecule has 1 aliphatic heterocycles. The highest BCUT2D eigenvalue weighted by Crippen LogP contribution is 2.25. The molecule has 5 N–H and O–H groups in total. The summed E-state index contributed by atoms with van der Waals surface area (Å²) in [4.78, 5) is 14.3. The van der Waals surface area contributed by atoms with E-state index in [1.165, 1.54) is 6.42 Å². The average molecular weight is 619 g/mol. The Morgan fingerprint density at radius 1 is 1.09 bits per heavy atom. The lowest BCUT2D eigenvalue weighted by atomic mass is 9.98. The Hall–Kier alpha value is -3.60. The standard InChI is InChI=1S/C29H30ClF3N4O3.C3H8/c30-24-4-2-1-3-20(24)16-36-28(39)19-7-10-25(34)23(15-19)27(35)18-5-8-21(9-6-18)40-22-11-13-37(14-12-22)17-26(38)29(31,32)33;1-3-2/h1-10,15,22,26,35,38H,11-14,16-17,34H2,(H,36,39);3H2,1-2H3. The van der Waals surface area contributed by atoms with E-state index < -0.39 is 18.8 Å². The number of β-amino-alcohol motifs (C(OH)–C–C–N with tert-alkyl or cyclic N) is 1. The zero-order valence-corrected chi connectivity index (χ0v) is 25.0. The molecule has 7 nitrogen and oxygen atoms in total. The number of halogens is 4. The predicted molar refractivity (Wildman–Crippen MR) is 164 cm³/mol. The van der Waals surface area contributed by atoms with Crippen LogP contribution in [-0.2, 0) is 6.54 Å². The summed E-state index contributed by atoms with van der Waals surface area (Å²) in [6.45, 7) is 4.84. The summed E-state index contributed by atoms with van der Waals surface area (Å²) in [5.41, 5.74) is 8.76. The Kier molecular flexibility index (Phi) is 12.4. The first kappa shape index (κ1) is 33.9. The van der Waals surface area contributed by atoms with Crippen molar-refractivity contribution in [3.8, 4) is 5.75 Å². The van der Waals surface area contributed by atoms with Gasteiger partial charge in [0.1, 0.15) is 11.9 Å². The van der Waals surface area contributed by atoms with Crippen LogP contribution in [0.1, 0.15) is 60.2 Å². The quantitative estimate of drug-likeness (QED) is 0.163. The maximum Gasteiger partial charge on any atom is 0.415 e. The first-order chi connectivity index (χ1) is 20.4. The summed E-state index contributed by atoms with van der Waals surface area (Å²) >= 11 is 6.16. The molecule has 0 aromatic heterocycles. The zero-order chi connectivity index (χ0) is 31.6. The summed E-state index contributed by atoms with van der Waals surface area (Å²) < 4.78 is 43.8. The van der Waals surface area contributed by atoms with E-state index in [0.29, 0.717) is 59.1 Å². The number of hydrogen-bond donors (Lipinski definition) is 4. The van der Waals surface area contributed by atoms with Gasteiger partial charge in [-0.1, -0.05) is 50.1 Å². The van der Waals surface area contributed by atoms with Crippen LogP contribution in [0, 0.1) is 5.41 Å². The number of likely N-dealkylation sites (tertiary alicyclic amines) is 1. The number of rotatable bonds is 9. The number of nitrogen functional groups attached to an aromatic ring is 1. The molecule has 1 saturated heterocycles. The molecular formula is C32H38ClF3N4O3. The summed E-state index contributed by atoms with van der Waals surface area (Å²) in [7, 11) is 0. The zero-order valence-electron chi connectivity index (χ0n) is 24.3. The van der Waals surface area contributed by atoms with Gasteiger partial charge in [0.2, 0.25) is 0 Å². The van der Waals surface area contributed by atoms with Gasteiger partial charge in [0.15, 0.2) is 6.10 Å². The van der Waals surface area contributed by atoms with Gasteiger partial charge >= 0.3 is 6.18 Å². The highest BCUT2D eigenvalue weighted by Gasteiger charge is 2.39. The van der Waals surface area contributed by atoms with Gasteiger partial charge in [0, 0.05) is 53.6 Å². The molecule has 4 rings (SSSR count). The second-order valence-electron chi connectivity index (χ2n) is 10.4. The topological polar surface area (TPSA) is 112 Å². The lowest BCUT2D eigenvalue weighted by Crippen LogP contribution is -2.45. The smallest absolute Gasteiger partial charge is 0.415 e. The Labute approximate surface area is 255 Å². The molecule has 3 aromatic carbocycles. The first-order valence-electron chi connectivity index (χ1n) is 14.2. The van der Waals surface area contributed by atoms with E-state index >= 15 is 0 Å². The molecule has 11 heteroatoms. The van der Waals surface area contributed by atoms with Gasteiger partial charge in [-0.25, -0.2) is 0 Å². The van der Waals surface area contributed by atoms with Crippen LogP contribution in [0.3, 0.4) is 0 Å². The van der Waals surface area contributed by atoms with Crippen molar-refractivity contribution in [2.45, 2.75) is 58.0 Å². The van der Waals surface area contributed by atoms with Gasteiger partial charge in [-0.15, -0.1) is 0 Å². The van der Waals surface area contributed by atoms with Gasteiger partial charge in [-0.05, 0) is 66.9 Å². The van der Waals surface area contributed by atoms with Crippen molar-refractivity contribution in [2.75, 3.05) is 25.4 Å². The fourth-order valence-electron chi connectivity index (χ4n) is 4.44. The third-order valence-electron chi connectivity index (χ3n) is 6.77. The largest absolute Gasteiger partial charge is 0.490 e. The van der Waals surface area contributed by atoms with Crippen LogP contribution in [0.4, 0.5) is 18.9 Å². The lowest BCUT2D eigenvalue weighted by molar-refractivity contribution is -0.208. The number of aliphatic hydroxyl groups excluding tert-OH is 1. The number of anilines is 1. The monoisotopic (exact) mass is 618 g/mol. The third-order valence-corrected chi connectivity index (χ3v) is 7.14. The second-order valence-corrected chi connectivity index (χ2v) is 10.8. The highest BCUT2D eigenvalue weighted by molar-refractivity contribution is 6.31. The van der Waals surface area contributed by atoms with E-state index in [4.69, 9.17) is 27.5 Å². The summed E-state index contributed by atoms with van der Waals surface area (Å²) in [5, 5.41) is 21.3. The molecule has 0 saturated carbocycles. The number of nitrogens with two attached hydrogens (primary N) is 1. The molecule has 1 unspecified atom stereocenters. The molecule has 0 radical (unpaired) electrons. The minimum Gasteiger partial charge on any atom is -0.490 e. The van der Waals surface area contributed by atoms with Crippen molar-refractivity contribution < 1.29 is 27.8 Å². The Balaban J connectivity index is 0.00000162.